The van der Waals surface area contributed by atoms with Gasteiger partial charge < -0.3 is 5.32 Å². The average molecular weight is 212 g/mol. The third-order valence-electron chi connectivity index (χ3n) is 3.53. The van der Waals surface area contributed by atoms with Gasteiger partial charge in [-0.2, -0.15) is 0 Å². The van der Waals surface area contributed by atoms with E-state index in [0.717, 1.165) is 18.5 Å². The van der Waals surface area contributed by atoms with Gasteiger partial charge in [-0.15, -0.1) is 0 Å². The van der Waals surface area contributed by atoms with Crippen LogP contribution in [-0.2, 0) is 0 Å². The van der Waals surface area contributed by atoms with Gasteiger partial charge in [-0.1, -0.05) is 20.3 Å². The molecule has 0 aromatic carbocycles. The first kappa shape index (κ1) is 13.0. The largest absolute Gasteiger partial charge is 0.313 e. The summed E-state index contributed by atoms with van der Waals surface area (Å²) in [4.78, 5) is 2.62. The van der Waals surface area contributed by atoms with E-state index in [1.54, 1.807) is 0 Å². The maximum atomic E-state index is 3.60. The van der Waals surface area contributed by atoms with E-state index in [1.807, 2.05) is 0 Å². The van der Waals surface area contributed by atoms with Gasteiger partial charge in [0.05, 0.1) is 0 Å². The monoisotopic (exact) mass is 212 g/mol. The quantitative estimate of drug-likeness (QED) is 0.728. The summed E-state index contributed by atoms with van der Waals surface area (Å²) < 4.78 is 0. The predicted octanol–water partition coefficient (Wildman–Crippen LogP) is 2.49. The normalized spacial score (nSPS) is 29.6. The van der Waals surface area contributed by atoms with Gasteiger partial charge in [0.2, 0.25) is 0 Å². The van der Waals surface area contributed by atoms with Crippen LogP contribution in [0.25, 0.3) is 0 Å². The van der Waals surface area contributed by atoms with Crippen molar-refractivity contribution in [3.8, 4) is 0 Å². The molecule has 0 aromatic rings. The van der Waals surface area contributed by atoms with Crippen molar-refractivity contribution in [3.05, 3.63) is 0 Å². The second-order valence-corrected chi connectivity index (χ2v) is 5.33. The number of likely N-dealkylation sites (tertiary alicyclic amines) is 1. The zero-order chi connectivity index (χ0) is 11.3. The van der Waals surface area contributed by atoms with Gasteiger partial charge in [0.25, 0.3) is 0 Å². The van der Waals surface area contributed by atoms with Crippen molar-refractivity contribution in [2.45, 2.75) is 59.0 Å². The molecule has 2 heteroatoms. The number of nitrogens with one attached hydrogen (secondary N) is 1. The molecule has 0 bridgehead atoms. The summed E-state index contributed by atoms with van der Waals surface area (Å²) in [6.07, 6.45) is 3.96. The summed E-state index contributed by atoms with van der Waals surface area (Å²) in [7, 11) is 0. The number of rotatable bonds is 6. The highest BCUT2D eigenvalue weighted by atomic mass is 15.2. The molecule has 90 valence electrons. The van der Waals surface area contributed by atoms with Crippen molar-refractivity contribution in [3.63, 3.8) is 0 Å². The molecule has 0 saturated carbocycles. The first-order valence-corrected chi connectivity index (χ1v) is 6.61. The lowest BCUT2D eigenvalue weighted by molar-refractivity contribution is 0.260. The Balaban J connectivity index is 2.09. The molecule has 0 radical (unpaired) electrons. The standard InChI is InChI=1S/C13H28N2/c1-5-6-12(3)14-7-8-15-10-11(2)9-13(15)4/h11-14H,5-10H2,1-4H3. The second kappa shape index (κ2) is 6.49. The molecule has 0 amide bonds. The number of nitrogens with zero attached hydrogens (tertiary/aromatic N) is 1. The first-order valence-electron chi connectivity index (χ1n) is 6.61. The molecule has 2 nitrogen and oxygen atoms in total. The fourth-order valence-corrected chi connectivity index (χ4v) is 2.69. The highest BCUT2D eigenvalue weighted by Gasteiger charge is 2.25. The lowest BCUT2D eigenvalue weighted by atomic mass is 10.1. The Bertz CT molecular complexity index is 170. The Morgan fingerprint density at radius 2 is 2.13 bits per heavy atom. The van der Waals surface area contributed by atoms with E-state index < -0.39 is 0 Å². The van der Waals surface area contributed by atoms with Gasteiger partial charge in [0.15, 0.2) is 0 Å². The SMILES string of the molecule is CCCC(C)NCCN1CC(C)CC1C. The van der Waals surface area contributed by atoms with Crippen LogP contribution in [0.3, 0.4) is 0 Å². The van der Waals surface area contributed by atoms with Crippen LogP contribution in [0.1, 0.15) is 47.0 Å². The molecule has 3 unspecified atom stereocenters. The first-order chi connectivity index (χ1) is 7.13. The van der Waals surface area contributed by atoms with Crippen molar-refractivity contribution in [1.82, 2.24) is 10.2 Å². The van der Waals surface area contributed by atoms with Crippen molar-refractivity contribution < 1.29 is 0 Å². The third kappa shape index (κ3) is 4.52. The van der Waals surface area contributed by atoms with E-state index in [9.17, 15) is 0 Å². The van der Waals surface area contributed by atoms with Crippen LogP contribution in [0.4, 0.5) is 0 Å². The van der Waals surface area contributed by atoms with E-state index in [0.29, 0.717) is 6.04 Å². The molecule has 1 aliphatic heterocycles. The van der Waals surface area contributed by atoms with Crippen LogP contribution in [0, 0.1) is 5.92 Å². The Morgan fingerprint density at radius 1 is 1.40 bits per heavy atom. The molecule has 1 saturated heterocycles. The molecule has 0 spiro atoms. The van der Waals surface area contributed by atoms with Crippen LogP contribution in [-0.4, -0.2) is 36.6 Å². The minimum Gasteiger partial charge on any atom is -0.313 e. The molecular weight excluding hydrogens is 184 g/mol. The topological polar surface area (TPSA) is 15.3 Å². The minimum absolute atomic E-state index is 0.685. The molecular formula is C13H28N2. The van der Waals surface area contributed by atoms with Crippen LogP contribution in [0.2, 0.25) is 0 Å². The Hall–Kier alpha value is -0.0800. The summed E-state index contributed by atoms with van der Waals surface area (Å²) in [5.74, 6) is 0.896. The van der Waals surface area contributed by atoms with Crippen molar-refractivity contribution in [2.75, 3.05) is 19.6 Å². The maximum absolute atomic E-state index is 3.60. The Morgan fingerprint density at radius 3 is 2.67 bits per heavy atom. The summed E-state index contributed by atoms with van der Waals surface area (Å²) >= 11 is 0. The Labute approximate surface area is 95.4 Å². The summed E-state index contributed by atoms with van der Waals surface area (Å²) in [6, 6.07) is 1.48. The molecule has 3 atom stereocenters. The van der Waals surface area contributed by atoms with Crippen LogP contribution < -0.4 is 5.32 Å². The van der Waals surface area contributed by atoms with Gasteiger partial charge in [0.1, 0.15) is 0 Å². The lowest BCUT2D eigenvalue weighted by Gasteiger charge is -2.22. The van der Waals surface area contributed by atoms with Crippen LogP contribution in [0.15, 0.2) is 0 Å². The van der Waals surface area contributed by atoms with Gasteiger partial charge in [0, 0.05) is 31.7 Å². The van der Waals surface area contributed by atoms with Crippen LogP contribution in [0.5, 0.6) is 0 Å². The molecule has 1 heterocycles. The highest BCUT2D eigenvalue weighted by Crippen LogP contribution is 2.21. The molecule has 1 aliphatic rings. The smallest absolute Gasteiger partial charge is 0.0110 e. The minimum atomic E-state index is 0.685. The molecule has 15 heavy (non-hydrogen) atoms. The maximum Gasteiger partial charge on any atom is 0.0110 e. The second-order valence-electron chi connectivity index (χ2n) is 5.33. The summed E-state index contributed by atoms with van der Waals surface area (Å²) in [5, 5.41) is 3.60. The van der Waals surface area contributed by atoms with E-state index in [4.69, 9.17) is 0 Å². The van der Waals surface area contributed by atoms with E-state index in [2.05, 4.69) is 37.9 Å². The van der Waals surface area contributed by atoms with E-state index in [-0.39, 0.29) is 0 Å². The fourth-order valence-electron chi connectivity index (χ4n) is 2.69. The number of hydrogen-bond donors (Lipinski definition) is 1. The Kier molecular flexibility index (Phi) is 5.62. The highest BCUT2D eigenvalue weighted by molar-refractivity contribution is 4.80. The van der Waals surface area contributed by atoms with Crippen molar-refractivity contribution in [1.29, 1.82) is 0 Å². The zero-order valence-corrected chi connectivity index (χ0v) is 10.9. The molecule has 0 aromatic heterocycles. The van der Waals surface area contributed by atoms with Gasteiger partial charge in [-0.05, 0) is 32.6 Å². The predicted molar refractivity (Wildman–Crippen MR) is 67.2 cm³/mol. The van der Waals surface area contributed by atoms with Gasteiger partial charge in [-0.3, -0.25) is 4.90 Å². The van der Waals surface area contributed by atoms with Gasteiger partial charge in [-0.25, -0.2) is 0 Å². The summed E-state index contributed by atoms with van der Waals surface area (Å²) in [6.45, 7) is 12.9. The van der Waals surface area contributed by atoms with Gasteiger partial charge >= 0.3 is 0 Å². The third-order valence-corrected chi connectivity index (χ3v) is 3.53. The summed E-state index contributed by atoms with van der Waals surface area (Å²) in [5.41, 5.74) is 0. The fraction of sp³-hybridized carbons (Fsp3) is 1.00. The van der Waals surface area contributed by atoms with E-state index >= 15 is 0 Å². The van der Waals surface area contributed by atoms with Crippen molar-refractivity contribution >= 4 is 0 Å². The van der Waals surface area contributed by atoms with E-state index in [1.165, 1.54) is 32.4 Å². The molecule has 1 N–H and O–H groups in total. The molecule has 0 aliphatic carbocycles. The van der Waals surface area contributed by atoms with Crippen LogP contribution >= 0.6 is 0 Å². The average Bonchev–Trinajstić information content (AvgIpc) is 2.46. The number of hydrogen-bond acceptors (Lipinski definition) is 2. The molecule has 1 rings (SSSR count). The molecule has 1 fully saturated rings. The van der Waals surface area contributed by atoms with Crippen molar-refractivity contribution in [2.24, 2.45) is 5.92 Å². The zero-order valence-electron chi connectivity index (χ0n) is 10.9. The lowest BCUT2D eigenvalue weighted by Crippen LogP contribution is -2.37.